The number of pyridine rings is 1. The normalized spacial score (nSPS) is 16.8. The Morgan fingerprint density at radius 1 is 1.12 bits per heavy atom. The van der Waals surface area contributed by atoms with Crippen molar-refractivity contribution in [3.63, 3.8) is 0 Å². The molecule has 1 aromatic carbocycles. The summed E-state index contributed by atoms with van der Waals surface area (Å²) >= 11 is 3.35. The molecule has 0 saturated carbocycles. The Hall–Kier alpha value is -1.80. The highest BCUT2D eigenvalue weighted by Crippen LogP contribution is 2.30. The van der Waals surface area contributed by atoms with Crippen LogP contribution in [0.25, 0.3) is 5.69 Å². The third kappa shape index (κ3) is 3.90. The molecule has 0 N–H and O–H groups in total. The van der Waals surface area contributed by atoms with Crippen molar-refractivity contribution in [2.75, 3.05) is 38.1 Å². The van der Waals surface area contributed by atoms with Crippen molar-refractivity contribution < 1.29 is 14.5 Å². The van der Waals surface area contributed by atoms with Gasteiger partial charge in [-0.25, -0.2) is 0 Å². The van der Waals surface area contributed by atoms with Crippen molar-refractivity contribution in [1.29, 1.82) is 0 Å². The molecule has 1 aromatic heterocycles. The number of nitrogens with zero attached hydrogens (tertiary/aromatic N) is 3. The first-order chi connectivity index (χ1) is 12.2. The number of aromatic nitrogens is 1. The van der Waals surface area contributed by atoms with Gasteiger partial charge in [0.25, 0.3) is 5.56 Å². The standard InChI is InChI=1S/C17H17BrF3N3O/c1-22-6-8-23(9-7-22)14-3-2-13(18)11-15(14)24-5-4-12(10-16(24)25)17(19,20)21/h2-5,10-11H,6-9H2,1H3/i4D. The molecule has 0 atom stereocenters. The van der Waals surface area contributed by atoms with Crippen LogP contribution in [0.5, 0.6) is 0 Å². The molecule has 25 heavy (non-hydrogen) atoms. The lowest BCUT2D eigenvalue weighted by Crippen LogP contribution is -2.45. The second-order valence-electron chi connectivity index (χ2n) is 5.96. The first kappa shape index (κ1) is 16.7. The van der Waals surface area contributed by atoms with Crippen LogP contribution in [0.3, 0.4) is 0 Å². The molecule has 0 amide bonds. The van der Waals surface area contributed by atoms with E-state index in [0.717, 1.165) is 42.6 Å². The molecule has 8 heteroatoms. The maximum atomic E-state index is 12.9. The highest BCUT2D eigenvalue weighted by atomic mass is 79.9. The molecule has 4 nitrogen and oxygen atoms in total. The molecule has 1 saturated heterocycles. The third-order valence-electron chi connectivity index (χ3n) is 4.20. The van der Waals surface area contributed by atoms with Crippen LogP contribution in [0, 0.1) is 0 Å². The predicted molar refractivity (Wildman–Crippen MR) is 94.5 cm³/mol. The van der Waals surface area contributed by atoms with Gasteiger partial charge >= 0.3 is 6.18 Å². The largest absolute Gasteiger partial charge is 0.416 e. The maximum absolute atomic E-state index is 12.9. The highest BCUT2D eigenvalue weighted by Gasteiger charge is 2.31. The topological polar surface area (TPSA) is 28.5 Å². The fraction of sp³-hybridized carbons (Fsp3) is 0.353. The van der Waals surface area contributed by atoms with E-state index in [1.54, 1.807) is 6.07 Å². The number of rotatable bonds is 2. The Bertz CT molecular complexity index is 877. The first-order valence-electron chi connectivity index (χ1n) is 8.21. The van der Waals surface area contributed by atoms with Crippen molar-refractivity contribution in [1.82, 2.24) is 9.47 Å². The van der Waals surface area contributed by atoms with E-state index in [-0.39, 0.29) is 0 Å². The van der Waals surface area contributed by atoms with Crippen LogP contribution in [-0.4, -0.2) is 42.7 Å². The van der Waals surface area contributed by atoms with E-state index in [4.69, 9.17) is 1.37 Å². The number of piperazine rings is 1. The van der Waals surface area contributed by atoms with Crippen molar-refractivity contribution in [3.8, 4) is 5.69 Å². The van der Waals surface area contributed by atoms with Crippen molar-refractivity contribution in [2.45, 2.75) is 6.18 Å². The molecule has 1 aliphatic heterocycles. The number of likely N-dealkylation sites (N-methyl/N-ethyl adjacent to an activating group) is 1. The molecule has 2 heterocycles. The van der Waals surface area contributed by atoms with Gasteiger partial charge < -0.3 is 9.80 Å². The van der Waals surface area contributed by atoms with Crippen LogP contribution in [0.4, 0.5) is 18.9 Å². The first-order valence-corrected chi connectivity index (χ1v) is 8.50. The summed E-state index contributed by atoms with van der Waals surface area (Å²) in [5, 5.41) is 0. The lowest BCUT2D eigenvalue weighted by molar-refractivity contribution is -0.137. The average molecular weight is 417 g/mol. The summed E-state index contributed by atoms with van der Waals surface area (Å²) < 4.78 is 48.3. The van der Waals surface area contributed by atoms with Crippen LogP contribution >= 0.6 is 15.9 Å². The number of anilines is 1. The molecule has 1 fully saturated rings. The highest BCUT2D eigenvalue weighted by molar-refractivity contribution is 9.10. The Morgan fingerprint density at radius 3 is 2.44 bits per heavy atom. The monoisotopic (exact) mass is 416 g/mol. The van der Waals surface area contributed by atoms with E-state index in [0.29, 0.717) is 16.2 Å². The van der Waals surface area contributed by atoms with E-state index in [2.05, 4.69) is 25.7 Å². The Morgan fingerprint density at radius 2 is 1.80 bits per heavy atom. The fourth-order valence-corrected chi connectivity index (χ4v) is 3.14. The summed E-state index contributed by atoms with van der Waals surface area (Å²) in [5.74, 6) is 0. The van der Waals surface area contributed by atoms with Gasteiger partial charge in [0.15, 0.2) is 0 Å². The van der Waals surface area contributed by atoms with Gasteiger partial charge in [-0.15, -0.1) is 0 Å². The fourth-order valence-electron chi connectivity index (χ4n) is 2.79. The second kappa shape index (κ2) is 6.84. The van der Waals surface area contributed by atoms with E-state index >= 15 is 0 Å². The molecule has 0 bridgehead atoms. The van der Waals surface area contributed by atoms with Gasteiger partial charge in [-0.2, -0.15) is 13.2 Å². The van der Waals surface area contributed by atoms with Crippen molar-refractivity contribution >= 4 is 21.6 Å². The number of alkyl halides is 3. The summed E-state index contributed by atoms with van der Waals surface area (Å²) in [6.45, 7) is 3.19. The zero-order valence-electron chi connectivity index (χ0n) is 14.5. The predicted octanol–water partition coefficient (Wildman–Crippen LogP) is 3.37. The SMILES string of the molecule is [2H]c1cn(-c2cc(Br)ccc2N2CCN(C)CC2)c(=O)cc1C(F)(F)F. The Labute approximate surface area is 153 Å². The van der Waals surface area contributed by atoms with Crippen LogP contribution in [0.15, 0.2) is 45.8 Å². The molecule has 0 radical (unpaired) electrons. The molecule has 0 unspecified atom stereocenters. The van der Waals surface area contributed by atoms with Gasteiger partial charge in [0.1, 0.15) is 0 Å². The van der Waals surface area contributed by atoms with Crippen LogP contribution in [-0.2, 0) is 6.18 Å². The lowest BCUT2D eigenvalue weighted by atomic mass is 10.2. The third-order valence-corrected chi connectivity index (χ3v) is 4.69. The summed E-state index contributed by atoms with van der Waals surface area (Å²) in [6.07, 6.45) is -3.79. The van der Waals surface area contributed by atoms with Gasteiger partial charge in [-0.3, -0.25) is 9.36 Å². The van der Waals surface area contributed by atoms with E-state index in [1.807, 2.05) is 19.2 Å². The number of hydrogen-bond acceptors (Lipinski definition) is 3. The summed E-state index contributed by atoms with van der Waals surface area (Å²) in [4.78, 5) is 16.6. The summed E-state index contributed by atoms with van der Waals surface area (Å²) in [7, 11) is 2.02. The molecule has 0 aliphatic carbocycles. The smallest absolute Gasteiger partial charge is 0.367 e. The van der Waals surface area contributed by atoms with Crippen LogP contribution in [0.2, 0.25) is 0 Å². The number of hydrogen-bond donors (Lipinski definition) is 0. The van der Waals surface area contributed by atoms with E-state index in [9.17, 15) is 18.0 Å². The molecule has 2 aromatic rings. The van der Waals surface area contributed by atoms with Gasteiger partial charge in [-0.05, 0) is 31.3 Å². The molecular formula is C17H17BrF3N3O. The molecule has 3 rings (SSSR count). The molecule has 0 spiro atoms. The van der Waals surface area contributed by atoms with E-state index < -0.39 is 23.3 Å². The molecule has 1 aliphatic rings. The Balaban J connectivity index is 2.11. The average Bonchev–Trinajstić information content (AvgIpc) is 2.56. The van der Waals surface area contributed by atoms with E-state index in [1.165, 1.54) is 0 Å². The quantitative estimate of drug-likeness (QED) is 0.751. The Kier molecular flexibility index (Phi) is 4.56. The maximum Gasteiger partial charge on any atom is 0.416 e. The molecule has 134 valence electrons. The number of halogens is 4. The van der Waals surface area contributed by atoms with Gasteiger partial charge in [-0.1, -0.05) is 15.9 Å². The van der Waals surface area contributed by atoms with Crippen molar-refractivity contribution in [3.05, 3.63) is 56.9 Å². The van der Waals surface area contributed by atoms with Crippen LogP contribution < -0.4 is 10.5 Å². The zero-order chi connectivity index (χ0) is 19.1. The minimum Gasteiger partial charge on any atom is -0.367 e. The summed E-state index contributed by atoms with van der Waals surface area (Å²) in [5.41, 5.74) is -0.838. The van der Waals surface area contributed by atoms with Gasteiger partial charge in [0.2, 0.25) is 0 Å². The second-order valence-corrected chi connectivity index (χ2v) is 6.88. The number of benzene rings is 1. The van der Waals surface area contributed by atoms with Crippen molar-refractivity contribution in [2.24, 2.45) is 0 Å². The summed E-state index contributed by atoms with van der Waals surface area (Å²) in [6, 6.07) is 5.09. The lowest BCUT2D eigenvalue weighted by Gasteiger charge is -2.35. The van der Waals surface area contributed by atoms with Gasteiger partial charge in [0, 0.05) is 42.9 Å². The molecular weight excluding hydrogens is 399 g/mol. The van der Waals surface area contributed by atoms with Gasteiger partial charge in [0.05, 0.1) is 18.3 Å². The minimum atomic E-state index is -4.73. The van der Waals surface area contributed by atoms with Crippen LogP contribution in [0.1, 0.15) is 6.93 Å². The minimum absolute atomic E-state index is 0.455. The zero-order valence-corrected chi connectivity index (χ0v) is 15.1.